The van der Waals surface area contributed by atoms with E-state index in [1.54, 1.807) is 24.3 Å². The van der Waals surface area contributed by atoms with Gasteiger partial charge in [0.05, 0.1) is 5.56 Å². The molecule has 1 aliphatic rings. The summed E-state index contributed by atoms with van der Waals surface area (Å²) in [5.74, 6) is 0.329. The summed E-state index contributed by atoms with van der Waals surface area (Å²) in [6.45, 7) is 3.42. The standard InChI is InChI=1S/C17H18N4O2/c1-12(22)13-5-4-6-15(9-13)20-16(23)14-10-18-17(19-11-14)21-7-2-3-8-21/h4-6,9-11H,2-3,7-8H2,1H3,(H,20,23). The van der Waals surface area contributed by atoms with Gasteiger partial charge in [-0.25, -0.2) is 9.97 Å². The summed E-state index contributed by atoms with van der Waals surface area (Å²) < 4.78 is 0. The molecular weight excluding hydrogens is 292 g/mol. The van der Waals surface area contributed by atoms with Crippen LogP contribution >= 0.6 is 0 Å². The Hall–Kier alpha value is -2.76. The molecule has 0 bridgehead atoms. The summed E-state index contributed by atoms with van der Waals surface area (Å²) in [6.07, 6.45) is 5.37. The Balaban J connectivity index is 1.70. The van der Waals surface area contributed by atoms with Crippen LogP contribution in [0.25, 0.3) is 0 Å². The third kappa shape index (κ3) is 3.53. The molecule has 3 rings (SSSR count). The van der Waals surface area contributed by atoms with Gasteiger partial charge in [-0.05, 0) is 31.9 Å². The van der Waals surface area contributed by atoms with Gasteiger partial charge in [-0.3, -0.25) is 9.59 Å². The lowest BCUT2D eigenvalue weighted by Gasteiger charge is -2.14. The van der Waals surface area contributed by atoms with E-state index in [9.17, 15) is 9.59 Å². The number of aromatic nitrogens is 2. The van der Waals surface area contributed by atoms with Crippen molar-refractivity contribution in [3.8, 4) is 0 Å². The molecule has 1 aromatic carbocycles. The molecule has 0 saturated carbocycles. The van der Waals surface area contributed by atoms with Crippen LogP contribution in [0, 0.1) is 0 Å². The summed E-state index contributed by atoms with van der Waals surface area (Å²) in [7, 11) is 0. The molecule has 0 spiro atoms. The van der Waals surface area contributed by atoms with Crippen LogP contribution in [0.15, 0.2) is 36.7 Å². The lowest BCUT2D eigenvalue weighted by Crippen LogP contribution is -2.21. The van der Waals surface area contributed by atoms with Crippen LogP contribution in [0.4, 0.5) is 11.6 Å². The van der Waals surface area contributed by atoms with E-state index in [0.717, 1.165) is 25.9 Å². The first kappa shape index (κ1) is 15.1. The minimum atomic E-state index is -0.293. The Bertz CT molecular complexity index is 722. The molecule has 1 amide bonds. The minimum absolute atomic E-state index is 0.0422. The smallest absolute Gasteiger partial charge is 0.258 e. The Morgan fingerprint density at radius 1 is 1.09 bits per heavy atom. The highest BCUT2D eigenvalue weighted by Gasteiger charge is 2.15. The molecular formula is C17H18N4O2. The molecule has 2 aromatic rings. The molecule has 2 heterocycles. The quantitative estimate of drug-likeness (QED) is 0.878. The van der Waals surface area contributed by atoms with Crippen molar-refractivity contribution in [2.24, 2.45) is 0 Å². The normalized spacial score (nSPS) is 13.9. The summed E-state index contributed by atoms with van der Waals surface area (Å²) in [5.41, 5.74) is 1.52. The lowest BCUT2D eigenvalue weighted by atomic mass is 10.1. The molecule has 1 aromatic heterocycles. The van der Waals surface area contributed by atoms with Crippen molar-refractivity contribution >= 4 is 23.3 Å². The highest BCUT2D eigenvalue weighted by molar-refractivity contribution is 6.04. The van der Waals surface area contributed by atoms with E-state index in [2.05, 4.69) is 20.2 Å². The van der Waals surface area contributed by atoms with Gasteiger partial charge in [0.2, 0.25) is 5.95 Å². The van der Waals surface area contributed by atoms with Crippen LogP contribution in [0.5, 0.6) is 0 Å². The molecule has 6 nitrogen and oxygen atoms in total. The number of carbonyl (C=O) groups is 2. The molecule has 118 valence electrons. The maximum absolute atomic E-state index is 12.2. The SMILES string of the molecule is CC(=O)c1cccc(NC(=O)c2cnc(N3CCCC3)nc2)c1. The number of Topliss-reactive ketones (excluding diaryl/α,β-unsaturated/α-hetero) is 1. The van der Waals surface area contributed by atoms with Crippen LogP contribution in [0.3, 0.4) is 0 Å². The Kier molecular flexibility index (Phi) is 4.32. The van der Waals surface area contributed by atoms with Gasteiger partial charge in [0, 0.05) is 36.7 Å². The van der Waals surface area contributed by atoms with E-state index in [4.69, 9.17) is 0 Å². The largest absolute Gasteiger partial charge is 0.341 e. The first-order chi connectivity index (χ1) is 11.1. The molecule has 0 atom stereocenters. The fourth-order valence-electron chi connectivity index (χ4n) is 2.54. The topological polar surface area (TPSA) is 75.2 Å². The van der Waals surface area contributed by atoms with Gasteiger partial charge in [-0.15, -0.1) is 0 Å². The zero-order valence-corrected chi connectivity index (χ0v) is 13.0. The molecule has 0 radical (unpaired) electrons. The van der Waals surface area contributed by atoms with Gasteiger partial charge in [0.25, 0.3) is 5.91 Å². The number of carbonyl (C=O) groups excluding carboxylic acids is 2. The van der Waals surface area contributed by atoms with Crippen LogP contribution in [-0.2, 0) is 0 Å². The van der Waals surface area contributed by atoms with Crippen LogP contribution in [-0.4, -0.2) is 34.7 Å². The number of hydrogen-bond donors (Lipinski definition) is 1. The number of ketones is 1. The number of amides is 1. The van der Waals surface area contributed by atoms with E-state index >= 15 is 0 Å². The summed E-state index contributed by atoms with van der Waals surface area (Å²) in [4.78, 5) is 34.3. The number of rotatable bonds is 4. The van der Waals surface area contributed by atoms with E-state index < -0.39 is 0 Å². The van der Waals surface area contributed by atoms with Crippen molar-refractivity contribution in [1.82, 2.24) is 9.97 Å². The fraction of sp³-hybridized carbons (Fsp3) is 0.294. The molecule has 1 fully saturated rings. The monoisotopic (exact) mass is 310 g/mol. The van der Waals surface area contributed by atoms with Crippen molar-refractivity contribution in [3.05, 3.63) is 47.8 Å². The van der Waals surface area contributed by atoms with Gasteiger partial charge in [-0.2, -0.15) is 0 Å². The highest BCUT2D eigenvalue weighted by Crippen LogP contribution is 2.16. The Labute approximate surface area is 134 Å². The average Bonchev–Trinajstić information content (AvgIpc) is 3.09. The molecule has 0 aliphatic carbocycles. The maximum Gasteiger partial charge on any atom is 0.258 e. The minimum Gasteiger partial charge on any atom is -0.341 e. The first-order valence-corrected chi connectivity index (χ1v) is 7.63. The Morgan fingerprint density at radius 2 is 1.78 bits per heavy atom. The van der Waals surface area contributed by atoms with Gasteiger partial charge in [0.1, 0.15) is 0 Å². The molecule has 0 unspecified atom stereocenters. The third-order valence-electron chi connectivity index (χ3n) is 3.82. The van der Waals surface area contributed by atoms with E-state index in [1.165, 1.54) is 19.3 Å². The van der Waals surface area contributed by atoms with Crippen molar-refractivity contribution in [2.45, 2.75) is 19.8 Å². The number of benzene rings is 1. The number of hydrogen-bond acceptors (Lipinski definition) is 5. The van der Waals surface area contributed by atoms with Gasteiger partial charge in [0.15, 0.2) is 5.78 Å². The van der Waals surface area contributed by atoms with Crippen LogP contribution in [0.1, 0.15) is 40.5 Å². The zero-order valence-electron chi connectivity index (χ0n) is 13.0. The van der Waals surface area contributed by atoms with E-state index in [0.29, 0.717) is 22.8 Å². The zero-order chi connectivity index (χ0) is 16.2. The molecule has 23 heavy (non-hydrogen) atoms. The maximum atomic E-state index is 12.2. The van der Waals surface area contributed by atoms with Crippen molar-refractivity contribution in [2.75, 3.05) is 23.3 Å². The fourth-order valence-corrected chi connectivity index (χ4v) is 2.54. The molecule has 1 N–H and O–H groups in total. The second-order valence-electron chi connectivity index (χ2n) is 5.56. The molecule has 1 saturated heterocycles. The molecule has 6 heteroatoms. The summed E-state index contributed by atoms with van der Waals surface area (Å²) in [6, 6.07) is 6.84. The third-order valence-corrected chi connectivity index (χ3v) is 3.82. The number of nitrogens with one attached hydrogen (secondary N) is 1. The summed E-state index contributed by atoms with van der Waals surface area (Å²) in [5, 5.41) is 2.76. The van der Waals surface area contributed by atoms with Gasteiger partial charge < -0.3 is 10.2 Å². The van der Waals surface area contributed by atoms with Crippen LogP contribution < -0.4 is 10.2 Å². The van der Waals surface area contributed by atoms with E-state index in [-0.39, 0.29) is 11.7 Å². The number of anilines is 2. The highest BCUT2D eigenvalue weighted by atomic mass is 16.1. The Morgan fingerprint density at radius 3 is 2.43 bits per heavy atom. The van der Waals surface area contributed by atoms with Gasteiger partial charge in [-0.1, -0.05) is 12.1 Å². The van der Waals surface area contributed by atoms with Crippen molar-refractivity contribution in [1.29, 1.82) is 0 Å². The second-order valence-corrected chi connectivity index (χ2v) is 5.56. The summed E-state index contributed by atoms with van der Waals surface area (Å²) >= 11 is 0. The molecule has 1 aliphatic heterocycles. The average molecular weight is 310 g/mol. The second kappa shape index (κ2) is 6.56. The van der Waals surface area contributed by atoms with Crippen LogP contribution in [0.2, 0.25) is 0 Å². The predicted octanol–water partition coefficient (Wildman–Crippen LogP) is 2.53. The lowest BCUT2D eigenvalue weighted by molar-refractivity contribution is 0.101. The van der Waals surface area contributed by atoms with Gasteiger partial charge >= 0.3 is 0 Å². The number of nitrogens with zero attached hydrogens (tertiary/aromatic N) is 3. The van der Waals surface area contributed by atoms with Crippen molar-refractivity contribution in [3.63, 3.8) is 0 Å². The first-order valence-electron chi connectivity index (χ1n) is 7.63. The van der Waals surface area contributed by atoms with Crippen molar-refractivity contribution < 1.29 is 9.59 Å². The predicted molar refractivity (Wildman–Crippen MR) is 87.9 cm³/mol. The van der Waals surface area contributed by atoms with E-state index in [1.807, 2.05) is 0 Å².